The van der Waals surface area contributed by atoms with Gasteiger partial charge in [0.1, 0.15) is 11.8 Å². The Morgan fingerprint density at radius 3 is 2.31 bits per heavy atom. The van der Waals surface area contributed by atoms with Gasteiger partial charge in [0.15, 0.2) is 5.82 Å². The van der Waals surface area contributed by atoms with Crippen LogP contribution in [0.15, 0.2) is 71.3 Å². The number of carbonyl (C=O) groups excluding carboxylic acids is 1. The molecule has 1 atom stereocenters. The number of hydrogen-bond donors (Lipinski definition) is 1. The standard InChI is InChI=1S/C23H26N4O2/c1-18-16-21(25-29-18)24-23(28)22(20-10-6-3-7-11-20)27-14-12-26(13-15-27)17-19-8-4-2-5-9-19/h2-11,16,22H,12-15,17H2,1H3,(H,24,25,28). The lowest BCUT2D eigenvalue weighted by atomic mass is 10.0. The van der Waals surface area contributed by atoms with Gasteiger partial charge in [-0.25, -0.2) is 0 Å². The Hall–Kier alpha value is -2.96. The van der Waals surface area contributed by atoms with E-state index in [0.717, 1.165) is 38.3 Å². The van der Waals surface area contributed by atoms with Gasteiger partial charge in [0.05, 0.1) is 0 Å². The number of piperazine rings is 1. The SMILES string of the molecule is Cc1cc(NC(=O)C(c2ccccc2)N2CCN(Cc3ccccc3)CC2)no1. The number of amides is 1. The number of carbonyl (C=O) groups is 1. The summed E-state index contributed by atoms with van der Waals surface area (Å²) in [5.41, 5.74) is 2.31. The minimum atomic E-state index is -0.355. The third kappa shape index (κ3) is 4.91. The fourth-order valence-corrected chi connectivity index (χ4v) is 3.80. The zero-order chi connectivity index (χ0) is 20.1. The largest absolute Gasteiger partial charge is 0.360 e. The summed E-state index contributed by atoms with van der Waals surface area (Å²) in [6, 6.07) is 21.8. The van der Waals surface area contributed by atoms with Crippen molar-refractivity contribution in [1.29, 1.82) is 0 Å². The molecule has 29 heavy (non-hydrogen) atoms. The summed E-state index contributed by atoms with van der Waals surface area (Å²) in [5.74, 6) is 1.04. The molecule has 0 radical (unpaired) electrons. The second-order valence-electron chi connectivity index (χ2n) is 7.42. The number of aromatic nitrogens is 1. The van der Waals surface area contributed by atoms with E-state index in [1.807, 2.05) is 43.3 Å². The first-order chi connectivity index (χ1) is 14.2. The van der Waals surface area contributed by atoms with Crippen molar-refractivity contribution < 1.29 is 9.32 Å². The van der Waals surface area contributed by atoms with E-state index in [-0.39, 0.29) is 11.9 Å². The van der Waals surface area contributed by atoms with Crippen LogP contribution in [0.2, 0.25) is 0 Å². The van der Waals surface area contributed by atoms with Crippen molar-refractivity contribution in [1.82, 2.24) is 15.0 Å². The van der Waals surface area contributed by atoms with Crippen LogP contribution in [-0.2, 0) is 11.3 Å². The van der Waals surface area contributed by atoms with Crippen LogP contribution in [0.25, 0.3) is 0 Å². The summed E-state index contributed by atoms with van der Waals surface area (Å²) in [6.45, 7) is 6.26. The first kappa shape index (κ1) is 19.4. The van der Waals surface area contributed by atoms with Gasteiger partial charge in [0, 0.05) is 38.8 Å². The molecule has 0 saturated carbocycles. The Morgan fingerprint density at radius 1 is 1.03 bits per heavy atom. The van der Waals surface area contributed by atoms with Crippen LogP contribution < -0.4 is 5.32 Å². The Bertz CT molecular complexity index is 918. The van der Waals surface area contributed by atoms with E-state index in [1.165, 1.54) is 5.56 Å². The van der Waals surface area contributed by atoms with E-state index >= 15 is 0 Å². The lowest BCUT2D eigenvalue weighted by Gasteiger charge is -2.38. The molecular formula is C23H26N4O2. The van der Waals surface area contributed by atoms with Crippen LogP contribution in [0.4, 0.5) is 5.82 Å². The Labute approximate surface area is 171 Å². The molecule has 1 fully saturated rings. The highest BCUT2D eigenvalue weighted by molar-refractivity contribution is 5.94. The van der Waals surface area contributed by atoms with Gasteiger partial charge < -0.3 is 9.84 Å². The van der Waals surface area contributed by atoms with Crippen molar-refractivity contribution in [3.8, 4) is 0 Å². The smallest absolute Gasteiger partial charge is 0.247 e. The van der Waals surface area contributed by atoms with Gasteiger partial charge in [-0.05, 0) is 18.1 Å². The first-order valence-electron chi connectivity index (χ1n) is 9.98. The summed E-state index contributed by atoms with van der Waals surface area (Å²) >= 11 is 0. The molecule has 2 aromatic carbocycles. The molecule has 1 aliphatic rings. The Morgan fingerprint density at radius 2 is 1.69 bits per heavy atom. The zero-order valence-corrected chi connectivity index (χ0v) is 16.6. The maximum Gasteiger partial charge on any atom is 0.247 e. The number of rotatable bonds is 6. The fourth-order valence-electron chi connectivity index (χ4n) is 3.80. The van der Waals surface area contributed by atoms with Gasteiger partial charge in [-0.1, -0.05) is 65.8 Å². The Kier molecular flexibility index (Phi) is 6.03. The number of benzene rings is 2. The van der Waals surface area contributed by atoms with Gasteiger partial charge in [-0.2, -0.15) is 0 Å². The number of hydrogen-bond acceptors (Lipinski definition) is 5. The molecule has 0 spiro atoms. The molecule has 1 N–H and O–H groups in total. The zero-order valence-electron chi connectivity index (χ0n) is 16.6. The molecule has 4 rings (SSSR count). The monoisotopic (exact) mass is 390 g/mol. The average Bonchev–Trinajstić information content (AvgIpc) is 3.15. The van der Waals surface area contributed by atoms with Crippen LogP contribution in [0.1, 0.15) is 22.9 Å². The number of nitrogens with zero attached hydrogens (tertiary/aromatic N) is 3. The summed E-state index contributed by atoms with van der Waals surface area (Å²) in [6.07, 6.45) is 0. The molecular weight excluding hydrogens is 364 g/mol. The summed E-state index contributed by atoms with van der Waals surface area (Å²) in [4.78, 5) is 17.8. The fraction of sp³-hybridized carbons (Fsp3) is 0.304. The third-order valence-corrected chi connectivity index (χ3v) is 5.26. The van der Waals surface area contributed by atoms with E-state index in [9.17, 15) is 4.79 Å². The van der Waals surface area contributed by atoms with E-state index in [1.54, 1.807) is 6.07 Å². The minimum Gasteiger partial charge on any atom is -0.360 e. The van der Waals surface area contributed by atoms with E-state index in [2.05, 4.69) is 44.5 Å². The lowest BCUT2D eigenvalue weighted by Crippen LogP contribution is -2.49. The molecule has 1 aromatic heterocycles. The van der Waals surface area contributed by atoms with Crippen molar-refractivity contribution in [2.45, 2.75) is 19.5 Å². The molecule has 1 aliphatic heterocycles. The summed E-state index contributed by atoms with van der Waals surface area (Å²) in [5, 5.41) is 6.81. The van der Waals surface area contributed by atoms with E-state index in [4.69, 9.17) is 4.52 Å². The van der Waals surface area contributed by atoms with E-state index in [0.29, 0.717) is 11.6 Å². The van der Waals surface area contributed by atoms with Gasteiger partial charge in [0.2, 0.25) is 5.91 Å². The predicted molar refractivity (Wildman–Crippen MR) is 112 cm³/mol. The van der Waals surface area contributed by atoms with Crippen molar-refractivity contribution in [3.63, 3.8) is 0 Å². The van der Waals surface area contributed by atoms with Crippen LogP contribution in [0.3, 0.4) is 0 Å². The quantitative estimate of drug-likeness (QED) is 0.698. The molecule has 3 aromatic rings. The molecule has 6 heteroatoms. The topological polar surface area (TPSA) is 61.6 Å². The van der Waals surface area contributed by atoms with Crippen LogP contribution >= 0.6 is 0 Å². The maximum absolute atomic E-state index is 13.1. The van der Waals surface area contributed by atoms with Gasteiger partial charge in [-0.15, -0.1) is 0 Å². The summed E-state index contributed by atoms with van der Waals surface area (Å²) < 4.78 is 5.08. The number of nitrogens with one attached hydrogen (secondary N) is 1. The third-order valence-electron chi connectivity index (χ3n) is 5.26. The van der Waals surface area contributed by atoms with Gasteiger partial charge >= 0.3 is 0 Å². The highest BCUT2D eigenvalue weighted by atomic mass is 16.5. The first-order valence-corrected chi connectivity index (χ1v) is 9.98. The van der Waals surface area contributed by atoms with Crippen molar-refractivity contribution >= 4 is 11.7 Å². The molecule has 1 unspecified atom stereocenters. The molecule has 6 nitrogen and oxygen atoms in total. The second-order valence-corrected chi connectivity index (χ2v) is 7.42. The lowest BCUT2D eigenvalue weighted by molar-refractivity contribution is -0.122. The van der Waals surface area contributed by atoms with Gasteiger partial charge in [0.25, 0.3) is 0 Å². The predicted octanol–water partition coefficient (Wildman–Crippen LogP) is 3.48. The van der Waals surface area contributed by atoms with Crippen LogP contribution in [-0.4, -0.2) is 47.0 Å². The highest BCUT2D eigenvalue weighted by Crippen LogP contribution is 2.24. The van der Waals surface area contributed by atoms with Crippen LogP contribution in [0.5, 0.6) is 0 Å². The highest BCUT2D eigenvalue weighted by Gasteiger charge is 2.31. The normalized spacial score (nSPS) is 16.4. The molecule has 1 amide bonds. The van der Waals surface area contributed by atoms with Crippen molar-refractivity contribution in [2.75, 3.05) is 31.5 Å². The number of anilines is 1. The van der Waals surface area contributed by atoms with Crippen molar-refractivity contribution in [3.05, 3.63) is 83.6 Å². The maximum atomic E-state index is 13.1. The minimum absolute atomic E-state index is 0.0824. The van der Waals surface area contributed by atoms with E-state index < -0.39 is 0 Å². The summed E-state index contributed by atoms with van der Waals surface area (Å²) in [7, 11) is 0. The molecule has 2 heterocycles. The molecule has 0 bridgehead atoms. The van der Waals surface area contributed by atoms with Gasteiger partial charge in [-0.3, -0.25) is 14.6 Å². The Balaban J connectivity index is 1.45. The molecule has 150 valence electrons. The second kappa shape index (κ2) is 9.03. The molecule has 1 saturated heterocycles. The average molecular weight is 390 g/mol. The number of aryl methyl sites for hydroxylation is 1. The van der Waals surface area contributed by atoms with Crippen LogP contribution in [0, 0.1) is 6.92 Å². The van der Waals surface area contributed by atoms with Crippen molar-refractivity contribution in [2.24, 2.45) is 0 Å². The molecule has 0 aliphatic carbocycles.